The van der Waals surface area contributed by atoms with Crippen LogP contribution < -0.4 is 0 Å². The predicted molar refractivity (Wildman–Crippen MR) is 130 cm³/mol. The summed E-state index contributed by atoms with van der Waals surface area (Å²) in [6.45, 7) is 9.10. The molecule has 0 aromatic heterocycles. The van der Waals surface area contributed by atoms with E-state index in [4.69, 9.17) is 0 Å². The van der Waals surface area contributed by atoms with Crippen LogP contribution >= 0.6 is 0 Å². The first-order valence-electron chi connectivity index (χ1n) is 11.8. The van der Waals surface area contributed by atoms with E-state index in [1.807, 2.05) is 25.2 Å². The Kier molecular flexibility index (Phi) is 6.23. The van der Waals surface area contributed by atoms with Crippen LogP contribution in [0, 0.1) is 5.41 Å². The van der Waals surface area contributed by atoms with Gasteiger partial charge in [-0.25, -0.2) is 4.79 Å². The van der Waals surface area contributed by atoms with Crippen LogP contribution in [0.4, 0.5) is 4.79 Å². The van der Waals surface area contributed by atoms with Crippen LogP contribution in [0.2, 0.25) is 0 Å². The van der Waals surface area contributed by atoms with Gasteiger partial charge in [-0.1, -0.05) is 75.4 Å². The Balaban J connectivity index is 1.57. The summed E-state index contributed by atoms with van der Waals surface area (Å²) in [5, 5.41) is 10.2. The molecule has 2 amide bonds. The number of hydrogen-bond acceptors (Lipinski definition) is 3. The minimum absolute atomic E-state index is 0.0683. The van der Waals surface area contributed by atoms with Crippen molar-refractivity contribution in [2.75, 3.05) is 39.8 Å². The van der Waals surface area contributed by atoms with E-state index in [0.29, 0.717) is 13.1 Å². The Morgan fingerprint density at radius 2 is 1.55 bits per heavy atom. The zero-order chi connectivity index (χ0) is 23.8. The number of carboxylic acid groups (broad SMARTS) is 1. The first-order valence-corrected chi connectivity index (χ1v) is 11.8. The highest BCUT2D eigenvalue weighted by Crippen LogP contribution is 2.64. The summed E-state index contributed by atoms with van der Waals surface area (Å²) in [6.07, 6.45) is -0.292. The van der Waals surface area contributed by atoms with E-state index in [1.165, 1.54) is 4.90 Å². The van der Waals surface area contributed by atoms with Gasteiger partial charge in [-0.15, -0.1) is 0 Å². The van der Waals surface area contributed by atoms with Gasteiger partial charge in [0.2, 0.25) is 5.91 Å². The molecule has 2 aromatic carbocycles. The van der Waals surface area contributed by atoms with E-state index in [2.05, 4.69) is 62.1 Å². The van der Waals surface area contributed by atoms with E-state index in [9.17, 15) is 14.7 Å². The van der Waals surface area contributed by atoms with Crippen LogP contribution in [-0.2, 0) is 4.79 Å². The van der Waals surface area contributed by atoms with Gasteiger partial charge in [-0.05, 0) is 35.6 Å². The summed E-state index contributed by atoms with van der Waals surface area (Å²) in [5.41, 5.74) is 2.52. The Bertz CT molecular complexity index is 992. The molecule has 1 aliphatic carbocycles. The van der Waals surface area contributed by atoms with Gasteiger partial charge in [0.15, 0.2) is 0 Å². The summed E-state index contributed by atoms with van der Waals surface area (Å²) in [7, 11) is 2.04. The molecule has 176 valence electrons. The minimum atomic E-state index is -1.02. The lowest BCUT2D eigenvalue weighted by Crippen LogP contribution is -2.56. The fourth-order valence-electron chi connectivity index (χ4n) is 5.39. The van der Waals surface area contributed by atoms with Crippen LogP contribution in [0.15, 0.2) is 54.6 Å². The van der Waals surface area contributed by atoms with Gasteiger partial charge in [0.05, 0.1) is 5.54 Å². The summed E-state index contributed by atoms with van der Waals surface area (Å²) < 4.78 is 0. The molecule has 6 heteroatoms. The molecule has 2 fully saturated rings. The topological polar surface area (TPSA) is 64.1 Å². The Morgan fingerprint density at radius 1 is 0.970 bits per heavy atom. The van der Waals surface area contributed by atoms with Crippen LogP contribution in [0.25, 0.3) is 11.1 Å². The molecular formula is C27H35N3O3. The molecule has 0 radical (unpaired) electrons. The normalized spacial score (nSPS) is 23.3. The number of hydrogen-bond donors (Lipinski definition) is 1. The number of nitrogens with zero attached hydrogens (tertiary/aromatic N) is 3. The average molecular weight is 450 g/mol. The maximum atomic E-state index is 13.1. The van der Waals surface area contributed by atoms with Gasteiger partial charge >= 0.3 is 6.09 Å². The average Bonchev–Trinajstić information content (AvgIpc) is 3.55. The highest BCUT2D eigenvalue weighted by molar-refractivity contribution is 5.83. The van der Waals surface area contributed by atoms with Gasteiger partial charge in [-0.2, -0.15) is 0 Å². The van der Waals surface area contributed by atoms with Gasteiger partial charge in [0.1, 0.15) is 6.54 Å². The van der Waals surface area contributed by atoms with Crippen LogP contribution in [-0.4, -0.2) is 77.1 Å². The number of carbonyl (C=O) groups is 2. The molecule has 2 aromatic rings. The molecule has 1 saturated carbocycles. The largest absolute Gasteiger partial charge is 0.465 e. The molecule has 0 spiro atoms. The summed E-state index contributed by atoms with van der Waals surface area (Å²) in [4.78, 5) is 31.0. The Labute approximate surface area is 196 Å². The maximum Gasteiger partial charge on any atom is 0.408 e. The van der Waals surface area contributed by atoms with Crippen LogP contribution in [0.5, 0.6) is 0 Å². The van der Waals surface area contributed by atoms with Crippen molar-refractivity contribution in [3.63, 3.8) is 0 Å². The van der Waals surface area contributed by atoms with Crippen LogP contribution in [0.1, 0.15) is 38.7 Å². The standard InChI is InChI=1S/C27H35N3O3/c1-26(2,3)27(30(25(32)33)19-24(31)29-16-14-28(4)15-17-29)18-23(27)22-12-10-21(11-13-22)20-8-6-5-7-9-20/h5-13,23H,14-19H2,1-4H3,(H,32,33). The molecule has 0 bridgehead atoms. The van der Waals surface area contributed by atoms with Gasteiger partial charge in [0, 0.05) is 32.1 Å². The fraction of sp³-hybridized carbons (Fsp3) is 0.481. The first-order chi connectivity index (χ1) is 15.6. The molecule has 33 heavy (non-hydrogen) atoms. The molecule has 6 nitrogen and oxygen atoms in total. The SMILES string of the molecule is CN1CCN(C(=O)CN(C(=O)O)C2(C(C)(C)C)CC2c2ccc(-c3ccccc3)cc2)CC1. The van der Waals surface area contributed by atoms with Crippen molar-refractivity contribution in [1.82, 2.24) is 14.7 Å². The zero-order valence-corrected chi connectivity index (χ0v) is 20.1. The number of benzene rings is 2. The fourth-order valence-corrected chi connectivity index (χ4v) is 5.39. The third-order valence-electron chi connectivity index (χ3n) is 7.51. The molecule has 2 unspecified atom stereocenters. The summed E-state index contributed by atoms with van der Waals surface area (Å²) >= 11 is 0. The molecule has 1 N–H and O–H groups in total. The Hall–Kier alpha value is -2.86. The third-order valence-corrected chi connectivity index (χ3v) is 7.51. The second kappa shape index (κ2) is 8.82. The number of amides is 2. The molecule has 2 atom stereocenters. The highest BCUT2D eigenvalue weighted by Gasteiger charge is 2.66. The lowest BCUT2D eigenvalue weighted by molar-refractivity contribution is -0.135. The van der Waals surface area contributed by atoms with E-state index >= 15 is 0 Å². The zero-order valence-electron chi connectivity index (χ0n) is 20.1. The number of piperazine rings is 1. The lowest BCUT2D eigenvalue weighted by Gasteiger charge is -2.42. The molecular weight excluding hydrogens is 414 g/mol. The van der Waals surface area contributed by atoms with Crippen molar-refractivity contribution in [2.24, 2.45) is 5.41 Å². The van der Waals surface area contributed by atoms with Crippen LogP contribution in [0.3, 0.4) is 0 Å². The van der Waals surface area contributed by atoms with Crippen molar-refractivity contribution in [1.29, 1.82) is 0 Å². The minimum Gasteiger partial charge on any atom is -0.465 e. The second-order valence-corrected chi connectivity index (χ2v) is 10.5. The molecule has 1 saturated heterocycles. The van der Waals surface area contributed by atoms with Gasteiger partial charge in [0.25, 0.3) is 0 Å². The third kappa shape index (κ3) is 4.49. The van der Waals surface area contributed by atoms with Crippen molar-refractivity contribution >= 4 is 12.0 Å². The second-order valence-electron chi connectivity index (χ2n) is 10.5. The number of carbonyl (C=O) groups excluding carboxylic acids is 1. The van der Waals surface area contributed by atoms with E-state index in [0.717, 1.165) is 36.2 Å². The summed E-state index contributed by atoms with van der Waals surface area (Å²) in [5.74, 6) is -0.0297. The van der Waals surface area contributed by atoms with E-state index < -0.39 is 11.6 Å². The smallest absolute Gasteiger partial charge is 0.408 e. The van der Waals surface area contributed by atoms with E-state index in [1.54, 1.807) is 4.90 Å². The quantitative estimate of drug-likeness (QED) is 0.736. The summed E-state index contributed by atoms with van der Waals surface area (Å²) in [6, 6.07) is 18.7. The predicted octanol–water partition coefficient (Wildman–Crippen LogP) is 4.38. The van der Waals surface area contributed by atoms with Crippen molar-refractivity contribution < 1.29 is 14.7 Å². The van der Waals surface area contributed by atoms with E-state index in [-0.39, 0.29) is 23.8 Å². The number of likely N-dealkylation sites (N-methyl/N-ethyl adjacent to an activating group) is 1. The molecule has 1 heterocycles. The monoisotopic (exact) mass is 449 g/mol. The van der Waals surface area contributed by atoms with Crippen molar-refractivity contribution in [3.8, 4) is 11.1 Å². The molecule has 1 aliphatic heterocycles. The molecule has 2 aliphatic rings. The lowest BCUT2D eigenvalue weighted by atomic mass is 9.80. The van der Waals surface area contributed by atoms with Crippen molar-refractivity contribution in [3.05, 3.63) is 60.2 Å². The number of rotatable bonds is 5. The molecule has 4 rings (SSSR count). The first kappa shape index (κ1) is 23.3. The van der Waals surface area contributed by atoms with Crippen molar-refractivity contribution in [2.45, 2.75) is 38.6 Å². The maximum absolute atomic E-state index is 13.1. The van der Waals surface area contributed by atoms with Gasteiger partial charge < -0.3 is 14.9 Å². The highest BCUT2D eigenvalue weighted by atomic mass is 16.4. The van der Waals surface area contributed by atoms with Gasteiger partial charge in [-0.3, -0.25) is 9.69 Å². The Morgan fingerprint density at radius 3 is 2.09 bits per heavy atom.